The van der Waals surface area contributed by atoms with Gasteiger partial charge in [-0.2, -0.15) is 4.98 Å². The Labute approximate surface area is 263 Å². The lowest BCUT2D eigenvalue weighted by Gasteiger charge is -2.34. The minimum Gasteiger partial charge on any atom is -0.444 e. The third-order valence-electron chi connectivity index (χ3n) is 7.77. The highest BCUT2D eigenvalue weighted by Crippen LogP contribution is 2.22. The Kier molecular flexibility index (Phi) is 9.80. The highest BCUT2D eigenvalue weighted by Gasteiger charge is 2.34. The summed E-state index contributed by atoms with van der Waals surface area (Å²) in [5.41, 5.74) is 1.25. The summed E-state index contributed by atoms with van der Waals surface area (Å²) in [7, 11) is 0. The molecule has 1 saturated heterocycles. The maximum atomic E-state index is 14.0. The minimum absolute atomic E-state index is 0.225. The van der Waals surface area contributed by atoms with Gasteiger partial charge in [0.15, 0.2) is 5.82 Å². The molecule has 0 spiro atoms. The number of amides is 3. The van der Waals surface area contributed by atoms with Gasteiger partial charge in [-0.1, -0.05) is 78.0 Å². The Morgan fingerprint density at radius 2 is 1.69 bits per heavy atom. The molecule has 3 atom stereocenters. The quantitative estimate of drug-likeness (QED) is 0.263. The number of fused-ring (bicyclic) bond motifs is 1. The second kappa shape index (κ2) is 13.9. The van der Waals surface area contributed by atoms with Gasteiger partial charge in [-0.25, -0.2) is 4.79 Å². The normalized spacial score (nSPS) is 16.5. The second-order valence-electron chi connectivity index (χ2n) is 12.6. The average molecular weight is 612 g/mol. The fourth-order valence-corrected chi connectivity index (χ4v) is 5.56. The third-order valence-corrected chi connectivity index (χ3v) is 7.77. The van der Waals surface area contributed by atoms with E-state index in [4.69, 9.17) is 9.26 Å². The number of carbonyl (C=O) groups excluding carboxylic acids is 3. The molecule has 1 fully saturated rings. The maximum Gasteiger partial charge on any atom is 0.410 e. The Hall–Kier alpha value is -4.73. The molecule has 0 bridgehead atoms. The molecule has 0 radical (unpaired) electrons. The first-order valence-electron chi connectivity index (χ1n) is 15.4. The first-order valence-corrected chi connectivity index (χ1v) is 15.4. The molecule has 3 amide bonds. The van der Waals surface area contributed by atoms with Crippen LogP contribution in [0.4, 0.5) is 4.79 Å². The van der Waals surface area contributed by atoms with Gasteiger partial charge in [-0.3, -0.25) is 9.59 Å². The second-order valence-corrected chi connectivity index (χ2v) is 12.6. The molecule has 5 rings (SSSR count). The Morgan fingerprint density at radius 1 is 0.956 bits per heavy atom. The Bertz CT molecular complexity index is 1630. The van der Waals surface area contributed by atoms with E-state index in [1.165, 1.54) is 0 Å². The number of hydrogen-bond donors (Lipinski definition) is 2. The summed E-state index contributed by atoms with van der Waals surface area (Å²) in [6.07, 6.45) is 1.52. The molecule has 2 N–H and O–H groups in total. The van der Waals surface area contributed by atoms with Crippen molar-refractivity contribution in [3.63, 3.8) is 0 Å². The van der Waals surface area contributed by atoms with Crippen LogP contribution in [0.3, 0.4) is 0 Å². The van der Waals surface area contributed by atoms with Crippen molar-refractivity contribution in [2.75, 3.05) is 13.1 Å². The van der Waals surface area contributed by atoms with E-state index in [1.807, 2.05) is 93.6 Å². The van der Waals surface area contributed by atoms with Crippen LogP contribution in [0.15, 0.2) is 77.3 Å². The molecule has 2 heterocycles. The molecule has 0 aliphatic carbocycles. The van der Waals surface area contributed by atoms with Crippen LogP contribution in [-0.4, -0.2) is 57.7 Å². The van der Waals surface area contributed by atoms with Crippen LogP contribution in [0.1, 0.15) is 62.5 Å². The predicted octanol–water partition coefficient (Wildman–Crippen LogP) is 5.31. The van der Waals surface area contributed by atoms with E-state index in [9.17, 15) is 14.4 Å². The summed E-state index contributed by atoms with van der Waals surface area (Å²) in [5, 5.41) is 12.2. The zero-order valence-electron chi connectivity index (χ0n) is 26.3. The standard InChI is InChI=1S/C35H41N5O5/c1-23-36-33(45-39-23)30(20-24-11-6-5-7-12-24)38-32(42)29(21-25-16-17-26-13-8-9-14-27(26)19-25)37-31(41)28-15-10-18-40(22-28)34(43)44-35(2,3)4/h5-9,11-14,16-17,19,28-30H,10,15,18,20-22H2,1-4H3,(H,37,41)(H,38,42)/t28?,29-,30-/m1/s1. The average Bonchev–Trinajstić information content (AvgIpc) is 3.46. The van der Waals surface area contributed by atoms with Crippen LogP contribution in [0, 0.1) is 12.8 Å². The first-order chi connectivity index (χ1) is 21.5. The molecular formula is C35H41N5O5. The maximum absolute atomic E-state index is 14.0. The van der Waals surface area contributed by atoms with Crippen molar-refractivity contribution in [2.45, 2.75) is 71.1 Å². The van der Waals surface area contributed by atoms with Crippen molar-refractivity contribution < 1.29 is 23.6 Å². The van der Waals surface area contributed by atoms with Gasteiger partial charge in [-0.05, 0) is 62.4 Å². The van der Waals surface area contributed by atoms with Gasteiger partial charge in [0.2, 0.25) is 17.7 Å². The molecule has 3 aromatic carbocycles. The van der Waals surface area contributed by atoms with Crippen molar-refractivity contribution in [2.24, 2.45) is 5.92 Å². The summed E-state index contributed by atoms with van der Waals surface area (Å²) in [6, 6.07) is 22.3. The van der Waals surface area contributed by atoms with E-state index in [-0.39, 0.29) is 24.8 Å². The van der Waals surface area contributed by atoms with E-state index < -0.39 is 29.7 Å². The number of nitrogens with one attached hydrogen (secondary N) is 2. The van der Waals surface area contributed by atoms with E-state index in [2.05, 4.69) is 20.8 Å². The monoisotopic (exact) mass is 611 g/mol. The summed E-state index contributed by atoms with van der Waals surface area (Å²) in [4.78, 5) is 46.5. The fourth-order valence-electron chi connectivity index (χ4n) is 5.56. The van der Waals surface area contributed by atoms with Gasteiger partial charge in [0.05, 0.1) is 5.92 Å². The van der Waals surface area contributed by atoms with Crippen molar-refractivity contribution >= 4 is 28.7 Å². The molecule has 1 aliphatic heterocycles. The number of hydrogen-bond acceptors (Lipinski definition) is 7. The van der Waals surface area contributed by atoms with Crippen molar-refractivity contribution in [1.29, 1.82) is 0 Å². The lowest BCUT2D eigenvalue weighted by Crippen LogP contribution is -2.53. The molecule has 236 valence electrons. The number of piperidine rings is 1. The van der Waals surface area contributed by atoms with E-state index in [1.54, 1.807) is 11.8 Å². The van der Waals surface area contributed by atoms with Crippen molar-refractivity contribution in [1.82, 2.24) is 25.7 Å². The molecule has 0 saturated carbocycles. The largest absolute Gasteiger partial charge is 0.444 e. The van der Waals surface area contributed by atoms with Crippen molar-refractivity contribution in [3.8, 4) is 0 Å². The van der Waals surface area contributed by atoms with Crippen LogP contribution in [0.5, 0.6) is 0 Å². The van der Waals surface area contributed by atoms with E-state index >= 15 is 0 Å². The summed E-state index contributed by atoms with van der Waals surface area (Å²) >= 11 is 0. The molecule has 10 heteroatoms. The van der Waals surface area contributed by atoms with Crippen LogP contribution in [0.25, 0.3) is 10.8 Å². The van der Waals surface area contributed by atoms with E-state index in [0.29, 0.717) is 37.5 Å². The molecular weight excluding hydrogens is 570 g/mol. The number of rotatable bonds is 9. The molecule has 10 nitrogen and oxygen atoms in total. The fraction of sp³-hybridized carbons (Fsp3) is 0.400. The highest BCUT2D eigenvalue weighted by atomic mass is 16.6. The van der Waals surface area contributed by atoms with Gasteiger partial charge in [-0.15, -0.1) is 0 Å². The van der Waals surface area contributed by atoms with Crippen LogP contribution in [-0.2, 0) is 27.2 Å². The summed E-state index contributed by atoms with van der Waals surface area (Å²) in [6.45, 7) is 7.91. The Balaban J connectivity index is 1.37. The molecule has 45 heavy (non-hydrogen) atoms. The zero-order chi connectivity index (χ0) is 32.0. The highest BCUT2D eigenvalue weighted by molar-refractivity contribution is 5.90. The number of nitrogens with zero attached hydrogens (tertiary/aromatic N) is 3. The topological polar surface area (TPSA) is 127 Å². The predicted molar refractivity (Wildman–Crippen MR) is 170 cm³/mol. The first kappa shape index (κ1) is 31.7. The molecule has 1 aliphatic rings. The van der Waals surface area contributed by atoms with Crippen LogP contribution < -0.4 is 10.6 Å². The van der Waals surface area contributed by atoms with Crippen LogP contribution >= 0.6 is 0 Å². The van der Waals surface area contributed by atoms with Crippen molar-refractivity contribution in [3.05, 3.63) is 95.6 Å². The van der Waals surface area contributed by atoms with E-state index in [0.717, 1.165) is 21.9 Å². The van der Waals surface area contributed by atoms with Crippen LogP contribution in [0.2, 0.25) is 0 Å². The lowest BCUT2D eigenvalue weighted by atomic mass is 9.95. The summed E-state index contributed by atoms with van der Waals surface area (Å²) in [5.74, 6) is -0.367. The van der Waals surface area contributed by atoms with Gasteiger partial charge < -0.3 is 24.8 Å². The number of benzene rings is 3. The minimum atomic E-state index is -0.891. The third kappa shape index (κ3) is 8.68. The molecule has 1 aromatic heterocycles. The number of ether oxygens (including phenoxy) is 1. The lowest BCUT2D eigenvalue weighted by molar-refractivity contribution is -0.132. The number of aryl methyl sites for hydroxylation is 1. The summed E-state index contributed by atoms with van der Waals surface area (Å²) < 4.78 is 11.0. The number of carbonyl (C=O) groups is 3. The molecule has 1 unspecified atom stereocenters. The molecule has 4 aromatic rings. The van der Waals surface area contributed by atoms with Gasteiger partial charge in [0.1, 0.15) is 17.7 Å². The SMILES string of the molecule is Cc1noc([C@@H](Cc2ccccc2)NC(=O)[C@@H](Cc2ccc3ccccc3c2)NC(=O)C2CCCN(C(=O)OC(C)(C)C)C2)n1. The number of aromatic nitrogens is 2. The van der Waals surface area contributed by atoms with Gasteiger partial charge in [0.25, 0.3) is 0 Å². The smallest absolute Gasteiger partial charge is 0.410 e. The van der Waals surface area contributed by atoms with Gasteiger partial charge >= 0.3 is 6.09 Å². The zero-order valence-corrected chi connectivity index (χ0v) is 26.3. The van der Waals surface area contributed by atoms with Gasteiger partial charge in [0, 0.05) is 25.9 Å². The number of likely N-dealkylation sites (tertiary alicyclic amines) is 1. The Morgan fingerprint density at radius 3 is 2.40 bits per heavy atom.